The molecule has 1 aromatic carbocycles. The lowest BCUT2D eigenvalue weighted by Gasteiger charge is -2.13. The van der Waals surface area contributed by atoms with Crippen molar-refractivity contribution in [3.8, 4) is 0 Å². The van der Waals surface area contributed by atoms with Crippen LogP contribution in [0.5, 0.6) is 0 Å². The third-order valence-electron chi connectivity index (χ3n) is 3.97. The van der Waals surface area contributed by atoms with Crippen molar-refractivity contribution in [3.63, 3.8) is 0 Å². The first-order valence-electron chi connectivity index (χ1n) is 6.70. The number of hydrogen-bond donors (Lipinski definition) is 2. The van der Waals surface area contributed by atoms with E-state index in [0.29, 0.717) is 16.8 Å². The maximum atomic E-state index is 11.9. The second kappa shape index (κ2) is 5.70. The van der Waals surface area contributed by atoms with E-state index in [-0.39, 0.29) is 5.91 Å². The van der Waals surface area contributed by atoms with E-state index in [1.54, 1.807) is 0 Å². The Morgan fingerprint density at radius 2 is 2.00 bits per heavy atom. The minimum Gasteiger partial charge on any atom is -0.389 e. The highest BCUT2D eigenvalue weighted by Gasteiger charge is 2.40. The molecule has 0 heterocycles. The van der Waals surface area contributed by atoms with Gasteiger partial charge in [-0.25, -0.2) is 0 Å². The van der Waals surface area contributed by atoms with E-state index in [4.69, 9.17) is 18.0 Å². The second-order valence-corrected chi connectivity index (χ2v) is 5.81. The molecular formula is C15H20N2OS. The van der Waals surface area contributed by atoms with Crippen LogP contribution in [0.2, 0.25) is 0 Å². The van der Waals surface area contributed by atoms with E-state index in [1.807, 2.05) is 24.3 Å². The predicted molar refractivity (Wildman–Crippen MR) is 81.0 cm³/mol. The molecule has 0 bridgehead atoms. The molecule has 3 nitrogen and oxygen atoms in total. The van der Waals surface area contributed by atoms with Crippen LogP contribution in [0, 0.1) is 5.41 Å². The number of nitrogens with two attached hydrogens (primary N) is 1. The zero-order valence-corrected chi connectivity index (χ0v) is 12.1. The average molecular weight is 276 g/mol. The van der Waals surface area contributed by atoms with Crippen molar-refractivity contribution in [3.05, 3.63) is 35.4 Å². The van der Waals surface area contributed by atoms with E-state index in [2.05, 4.69) is 12.2 Å². The molecule has 1 saturated carbocycles. The second-order valence-electron chi connectivity index (χ2n) is 5.37. The summed E-state index contributed by atoms with van der Waals surface area (Å²) in [6.07, 6.45) is 4.05. The molecule has 4 heteroatoms. The first-order chi connectivity index (χ1) is 9.04. The number of amides is 1. The molecule has 0 saturated heterocycles. The van der Waals surface area contributed by atoms with Crippen LogP contribution < -0.4 is 11.1 Å². The Kier molecular flexibility index (Phi) is 4.20. The topological polar surface area (TPSA) is 55.1 Å². The van der Waals surface area contributed by atoms with Gasteiger partial charge in [0.25, 0.3) is 0 Å². The summed E-state index contributed by atoms with van der Waals surface area (Å²) in [7, 11) is 0. The van der Waals surface area contributed by atoms with Gasteiger partial charge in [-0.2, -0.15) is 0 Å². The van der Waals surface area contributed by atoms with Crippen molar-refractivity contribution in [2.75, 3.05) is 6.54 Å². The zero-order valence-electron chi connectivity index (χ0n) is 11.2. The summed E-state index contributed by atoms with van der Waals surface area (Å²) in [6.45, 7) is 3.00. The third-order valence-corrected chi connectivity index (χ3v) is 4.21. The van der Waals surface area contributed by atoms with Gasteiger partial charge in [0, 0.05) is 12.1 Å². The normalized spacial score (nSPS) is 15.8. The van der Waals surface area contributed by atoms with Crippen molar-refractivity contribution >= 4 is 23.1 Å². The van der Waals surface area contributed by atoms with Gasteiger partial charge >= 0.3 is 0 Å². The van der Waals surface area contributed by atoms with Gasteiger partial charge in [0.2, 0.25) is 5.91 Å². The monoisotopic (exact) mass is 276 g/mol. The van der Waals surface area contributed by atoms with Gasteiger partial charge in [0.05, 0.1) is 6.42 Å². The maximum absolute atomic E-state index is 11.9. The minimum atomic E-state index is 0.0859. The SMILES string of the molecule is CCC1(CNC(=O)Cc2ccc(C(N)=S)cc2)CC1. The Morgan fingerprint density at radius 3 is 2.47 bits per heavy atom. The molecule has 1 amide bonds. The summed E-state index contributed by atoms with van der Waals surface area (Å²) < 4.78 is 0. The van der Waals surface area contributed by atoms with Gasteiger partial charge in [-0.1, -0.05) is 43.4 Å². The Balaban J connectivity index is 1.83. The number of thiocarbonyl (C=S) groups is 1. The third kappa shape index (κ3) is 3.77. The largest absolute Gasteiger partial charge is 0.389 e. The number of rotatable bonds is 6. The van der Waals surface area contributed by atoms with Crippen LogP contribution in [0.25, 0.3) is 0 Å². The molecule has 0 aliphatic heterocycles. The van der Waals surface area contributed by atoms with Gasteiger partial charge < -0.3 is 11.1 Å². The van der Waals surface area contributed by atoms with Crippen LogP contribution in [0.3, 0.4) is 0 Å². The van der Waals surface area contributed by atoms with E-state index in [1.165, 1.54) is 12.8 Å². The van der Waals surface area contributed by atoms with E-state index >= 15 is 0 Å². The van der Waals surface area contributed by atoms with E-state index in [0.717, 1.165) is 24.1 Å². The van der Waals surface area contributed by atoms with Gasteiger partial charge in [0.15, 0.2) is 0 Å². The summed E-state index contributed by atoms with van der Waals surface area (Å²) in [4.78, 5) is 12.2. The van der Waals surface area contributed by atoms with Crippen LogP contribution >= 0.6 is 12.2 Å². The maximum Gasteiger partial charge on any atom is 0.224 e. The average Bonchev–Trinajstić information content (AvgIpc) is 3.18. The summed E-state index contributed by atoms with van der Waals surface area (Å²) in [6, 6.07) is 7.53. The molecule has 3 N–H and O–H groups in total. The first kappa shape index (κ1) is 14.0. The first-order valence-corrected chi connectivity index (χ1v) is 7.11. The van der Waals surface area contributed by atoms with Crippen LogP contribution in [-0.2, 0) is 11.2 Å². The number of carbonyl (C=O) groups is 1. The Hall–Kier alpha value is -1.42. The smallest absolute Gasteiger partial charge is 0.224 e. The number of hydrogen-bond acceptors (Lipinski definition) is 2. The molecule has 0 atom stereocenters. The van der Waals surface area contributed by atoms with Crippen molar-refractivity contribution < 1.29 is 4.79 Å². The number of benzene rings is 1. The summed E-state index contributed by atoms with van der Waals surface area (Å²) in [5.41, 5.74) is 7.75. The van der Waals surface area contributed by atoms with Crippen molar-refractivity contribution in [2.24, 2.45) is 11.1 Å². The Bertz CT molecular complexity index is 477. The fourth-order valence-electron chi connectivity index (χ4n) is 2.15. The van der Waals surface area contributed by atoms with Crippen LogP contribution in [0.1, 0.15) is 37.3 Å². The minimum absolute atomic E-state index is 0.0859. The lowest BCUT2D eigenvalue weighted by atomic mass is 10.0. The molecule has 102 valence electrons. The zero-order chi connectivity index (χ0) is 13.9. The highest BCUT2D eigenvalue weighted by atomic mass is 32.1. The Labute approximate surface area is 119 Å². The van der Waals surface area contributed by atoms with E-state index < -0.39 is 0 Å². The molecule has 19 heavy (non-hydrogen) atoms. The van der Waals surface area contributed by atoms with Crippen LogP contribution in [-0.4, -0.2) is 17.4 Å². The fourth-order valence-corrected chi connectivity index (χ4v) is 2.29. The molecule has 0 spiro atoms. The predicted octanol–water partition coefficient (Wildman–Crippen LogP) is 2.17. The molecule has 0 unspecified atom stereocenters. The molecule has 1 fully saturated rings. The van der Waals surface area contributed by atoms with Crippen molar-refractivity contribution in [1.29, 1.82) is 0 Å². The van der Waals surface area contributed by atoms with Gasteiger partial charge in [-0.05, 0) is 30.2 Å². The van der Waals surface area contributed by atoms with Gasteiger partial charge in [-0.3, -0.25) is 4.79 Å². The summed E-state index contributed by atoms with van der Waals surface area (Å²) in [5.74, 6) is 0.0859. The number of carbonyl (C=O) groups excluding carboxylic acids is 1. The summed E-state index contributed by atoms with van der Waals surface area (Å²) >= 11 is 4.89. The van der Waals surface area contributed by atoms with Crippen LogP contribution in [0.4, 0.5) is 0 Å². The summed E-state index contributed by atoms with van der Waals surface area (Å²) in [5, 5.41) is 3.03. The molecule has 1 aromatic rings. The molecule has 0 aromatic heterocycles. The van der Waals surface area contributed by atoms with E-state index in [9.17, 15) is 4.79 Å². The molecule has 1 aliphatic rings. The highest BCUT2D eigenvalue weighted by Crippen LogP contribution is 2.47. The van der Waals surface area contributed by atoms with Crippen LogP contribution in [0.15, 0.2) is 24.3 Å². The highest BCUT2D eigenvalue weighted by molar-refractivity contribution is 7.80. The fraction of sp³-hybridized carbons (Fsp3) is 0.467. The lowest BCUT2D eigenvalue weighted by Crippen LogP contribution is -2.31. The standard InChI is InChI=1S/C15H20N2OS/c1-2-15(7-8-15)10-17-13(18)9-11-3-5-12(6-4-11)14(16)19/h3-6H,2,7-10H2,1H3,(H2,16,19)(H,17,18). The molecule has 2 rings (SSSR count). The van der Waals surface area contributed by atoms with Gasteiger partial charge in [-0.15, -0.1) is 0 Å². The molecule has 0 radical (unpaired) electrons. The van der Waals surface area contributed by atoms with Crippen molar-refractivity contribution in [2.45, 2.75) is 32.6 Å². The quantitative estimate of drug-likeness (QED) is 0.783. The number of nitrogens with one attached hydrogen (secondary N) is 1. The molecule has 1 aliphatic carbocycles. The molecular weight excluding hydrogens is 256 g/mol. The van der Waals surface area contributed by atoms with Gasteiger partial charge in [0.1, 0.15) is 4.99 Å². The van der Waals surface area contributed by atoms with Crippen molar-refractivity contribution in [1.82, 2.24) is 5.32 Å². The lowest BCUT2D eigenvalue weighted by molar-refractivity contribution is -0.120. The Morgan fingerprint density at radius 1 is 1.37 bits per heavy atom.